The molecule has 0 saturated carbocycles. The number of sulfonamides is 1. The van der Waals surface area contributed by atoms with Gasteiger partial charge in [0, 0.05) is 21.2 Å². The van der Waals surface area contributed by atoms with Crippen molar-refractivity contribution in [2.24, 2.45) is 0 Å². The summed E-state index contributed by atoms with van der Waals surface area (Å²) >= 11 is 6.59. The number of ether oxygens (including phenoxy) is 1. The van der Waals surface area contributed by atoms with Gasteiger partial charge in [0.15, 0.2) is 0 Å². The summed E-state index contributed by atoms with van der Waals surface area (Å²) < 4.78 is 33.2. The van der Waals surface area contributed by atoms with Crippen LogP contribution in [0, 0.1) is 0 Å². The minimum absolute atomic E-state index is 0.0315. The fraction of sp³-hybridized carbons (Fsp3) is 0.455. The number of benzene rings is 1. The Bertz CT molecular complexity index is 548. The van der Waals surface area contributed by atoms with Crippen LogP contribution in [0.15, 0.2) is 21.1 Å². The summed E-state index contributed by atoms with van der Waals surface area (Å²) in [5.74, 6) is -0.0315. The molecule has 2 rings (SSSR count). The van der Waals surface area contributed by atoms with E-state index in [1.54, 1.807) is 12.1 Å². The van der Waals surface area contributed by atoms with Gasteiger partial charge in [-0.15, -0.1) is 0 Å². The number of nitrogens with one attached hydrogen (secondary N) is 1. The lowest BCUT2D eigenvalue weighted by Gasteiger charge is -2.14. The number of halogens is 2. The van der Waals surface area contributed by atoms with Gasteiger partial charge in [0.25, 0.3) is 0 Å². The smallest absolute Gasteiger partial charge is 0.235 e. The highest BCUT2D eigenvalue weighted by molar-refractivity contribution is 9.11. The van der Waals surface area contributed by atoms with Crippen molar-refractivity contribution >= 4 is 53.3 Å². The largest absolute Gasteiger partial charge is 0.399 e. The zero-order valence-corrected chi connectivity index (χ0v) is 14.0. The van der Waals surface area contributed by atoms with Gasteiger partial charge in [0.1, 0.15) is 0 Å². The number of hydrogen-bond acceptors (Lipinski definition) is 4. The third-order valence-electron chi connectivity index (χ3n) is 2.75. The number of hydrogen-bond donors (Lipinski definition) is 2. The Morgan fingerprint density at radius 3 is 2.53 bits per heavy atom. The molecule has 0 amide bonds. The third kappa shape index (κ3) is 4.08. The average molecular weight is 414 g/mol. The van der Waals surface area contributed by atoms with Gasteiger partial charge in [0.2, 0.25) is 10.0 Å². The topological polar surface area (TPSA) is 81.4 Å². The molecule has 0 bridgehead atoms. The van der Waals surface area contributed by atoms with E-state index < -0.39 is 10.0 Å². The van der Waals surface area contributed by atoms with E-state index in [9.17, 15) is 8.42 Å². The first kappa shape index (κ1) is 15.1. The average Bonchev–Trinajstić information content (AvgIpc) is 2.75. The Labute approximate surface area is 129 Å². The van der Waals surface area contributed by atoms with Gasteiger partial charge in [-0.2, -0.15) is 0 Å². The molecule has 1 unspecified atom stereocenters. The Kier molecular flexibility index (Phi) is 4.75. The summed E-state index contributed by atoms with van der Waals surface area (Å²) in [7, 11) is -3.45. The molecule has 1 aromatic carbocycles. The fourth-order valence-corrected chi connectivity index (χ4v) is 4.96. The van der Waals surface area contributed by atoms with Crippen LogP contribution < -0.4 is 10.5 Å². The maximum absolute atomic E-state index is 12.1. The van der Waals surface area contributed by atoms with E-state index in [4.69, 9.17) is 10.5 Å². The summed E-state index contributed by atoms with van der Waals surface area (Å²) in [4.78, 5) is 0. The number of nitrogens with two attached hydrogens (primary N) is 1. The normalized spacial score (nSPS) is 19.6. The Morgan fingerprint density at radius 1 is 1.37 bits per heavy atom. The maximum atomic E-state index is 12.1. The molecule has 0 aromatic heterocycles. The van der Waals surface area contributed by atoms with Crippen molar-refractivity contribution in [2.45, 2.75) is 18.9 Å². The van der Waals surface area contributed by atoms with E-state index in [1.807, 2.05) is 0 Å². The van der Waals surface area contributed by atoms with Gasteiger partial charge >= 0.3 is 0 Å². The van der Waals surface area contributed by atoms with Crippen molar-refractivity contribution < 1.29 is 13.2 Å². The van der Waals surface area contributed by atoms with Crippen LogP contribution >= 0.6 is 31.9 Å². The van der Waals surface area contributed by atoms with Gasteiger partial charge < -0.3 is 10.5 Å². The van der Waals surface area contributed by atoms with Crippen LogP contribution in [-0.2, 0) is 14.8 Å². The van der Waals surface area contributed by atoms with E-state index in [0.717, 1.165) is 12.8 Å². The Balaban J connectivity index is 2.15. The lowest BCUT2D eigenvalue weighted by atomic mass is 10.3. The van der Waals surface area contributed by atoms with E-state index in [0.29, 0.717) is 26.9 Å². The van der Waals surface area contributed by atoms with Crippen molar-refractivity contribution in [3.8, 4) is 0 Å². The van der Waals surface area contributed by atoms with Crippen LogP contribution in [0.1, 0.15) is 12.8 Å². The standard InChI is InChI=1S/C11H14Br2N2O3S/c12-9-4-7(14)5-10(13)11(9)15-19(16,17)6-8-2-1-3-18-8/h4-5,8,15H,1-3,6,14H2. The molecule has 1 fully saturated rings. The van der Waals surface area contributed by atoms with Crippen LogP contribution in [-0.4, -0.2) is 26.9 Å². The summed E-state index contributed by atoms with van der Waals surface area (Å²) in [5.41, 5.74) is 6.66. The molecule has 1 heterocycles. The monoisotopic (exact) mass is 412 g/mol. The minimum atomic E-state index is -3.45. The molecule has 3 N–H and O–H groups in total. The molecule has 1 aromatic rings. The second kappa shape index (κ2) is 5.99. The summed E-state index contributed by atoms with van der Waals surface area (Å²) in [6, 6.07) is 3.30. The van der Waals surface area contributed by atoms with Crippen molar-refractivity contribution in [2.75, 3.05) is 22.8 Å². The van der Waals surface area contributed by atoms with E-state index >= 15 is 0 Å². The predicted octanol–water partition coefficient (Wildman–Crippen LogP) is 2.71. The highest BCUT2D eigenvalue weighted by atomic mass is 79.9. The number of nitrogen functional groups attached to an aromatic ring is 1. The molecule has 0 aliphatic carbocycles. The SMILES string of the molecule is Nc1cc(Br)c(NS(=O)(=O)CC2CCCO2)c(Br)c1. The highest BCUT2D eigenvalue weighted by Gasteiger charge is 2.24. The van der Waals surface area contributed by atoms with Gasteiger partial charge in [-0.1, -0.05) is 0 Å². The maximum Gasteiger partial charge on any atom is 0.235 e. The third-order valence-corrected chi connectivity index (χ3v) is 5.33. The van der Waals surface area contributed by atoms with Gasteiger partial charge in [-0.25, -0.2) is 8.42 Å². The molecule has 1 aliphatic rings. The number of anilines is 2. The molecular weight excluding hydrogens is 400 g/mol. The Morgan fingerprint density at radius 2 is 2.00 bits per heavy atom. The second-order valence-electron chi connectivity index (χ2n) is 4.38. The van der Waals surface area contributed by atoms with E-state index in [-0.39, 0.29) is 11.9 Å². The van der Waals surface area contributed by atoms with Crippen molar-refractivity contribution in [3.05, 3.63) is 21.1 Å². The van der Waals surface area contributed by atoms with E-state index in [2.05, 4.69) is 36.6 Å². The van der Waals surface area contributed by atoms with Crippen molar-refractivity contribution in [1.82, 2.24) is 0 Å². The van der Waals surface area contributed by atoms with Gasteiger partial charge in [0.05, 0.1) is 17.5 Å². The van der Waals surface area contributed by atoms with Crippen molar-refractivity contribution in [1.29, 1.82) is 0 Å². The molecule has 1 saturated heterocycles. The molecular formula is C11H14Br2N2O3S. The molecule has 5 nitrogen and oxygen atoms in total. The summed E-state index contributed by atoms with van der Waals surface area (Å²) in [6.07, 6.45) is 1.48. The summed E-state index contributed by atoms with van der Waals surface area (Å²) in [5, 5.41) is 0. The highest BCUT2D eigenvalue weighted by Crippen LogP contribution is 2.34. The van der Waals surface area contributed by atoms with Gasteiger partial charge in [-0.05, 0) is 56.8 Å². The van der Waals surface area contributed by atoms with Crippen LogP contribution in [0.4, 0.5) is 11.4 Å². The first-order valence-electron chi connectivity index (χ1n) is 5.74. The van der Waals surface area contributed by atoms with Crippen LogP contribution in [0.25, 0.3) is 0 Å². The molecule has 0 radical (unpaired) electrons. The van der Waals surface area contributed by atoms with Gasteiger partial charge in [-0.3, -0.25) is 4.72 Å². The zero-order chi connectivity index (χ0) is 14.0. The van der Waals surface area contributed by atoms with Crippen LogP contribution in [0.3, 0.4) is 0 Å². The second-order valence-corrected chi connectivity index (χ2v) is 7.85. The molecule has 19 heavy (non-hydrogen) atoms. The fourth-order valence-electron chi connectivity index (χ4n) is 1.91. The quantitative estimate of drug-likeness (QED) is 0.743. The van der Waals surface area contributed by atoms with Crippen molar-refractivity contribution in [3.63, 3.8) is 0 Å². The lowest BCUT2D eigenvalue weighted by molar-refractivity contribution is 0.127. The van der Waals surface area contributed by atoms with Crippen LogP contribution in [0.5, 0.6) is 0 Å². The minimum Gasteiger partial charge on any atom is -0.399 e. The zero-order valence-electron chi connectivity index (χ0n) is 10.0. The first-order valence-corrected chi connectivity index (χ1v) is 8.98. The predicted molar refractivity (Wildman–Crippen MR) is 82.6 cm³/mol. The van der Waals surface area contributed by atoms with Crippen LogP contribution in [0.2, 0.25) is 0 Å². The molecule has 0 spiro atoms. The molecule has 8 heteroatoms. The first-order chi connectivity index (χ1) is 8.87. The molecule has 1 aliphatic heterocycles. The lowest BCUT2D eigenvalue weighted by Crippen LogP contribution is -2.26. The Hall–Kier alpha value is -0.310. The number of rotatable bonds is 4. The molecule has 106 valence electrons. The molecule has 1 atom stereocenters. The summed E-state index contributed by atoms with van der Waals surface area (Å²) in [6.45, 7) is 0.634. The van der Waals surface area contributed by atoms with E-state index in [1.165, 1.54) is 0 Å².